The third kappa shape index (κ3) is 5.08. The highest BCUT2D eigenvalue weighted by molar-refractivity contribution is 8.04. The molecule has 0 spiro atoms. The van der Waals surface area contributed by atoms with Gasteiger partial charge in [0.1, 0.15) is 5.75 Å². The van der Waals surface area contributed by atoms with Gasteiger partial charge in [0, 0.05) is 31.9 Å². The number of alkyl halides is 3. The number of amides is 3. The highest BCUT2D eigenvalue weighted by Crippen LogP contribution is 2.42. The standard InChI is InChI=1S/C21H25F3N4O3S/c1-13-17(18(25)29)32-20(27(13)9-8-14-2-3-14)28-11-10-26(19(28)30)12-15-4-6-16(7-5-15)31-21(22,23)24/h4-7,14,20H,2-3,8-12H2,1H3,(H2,25,29). The first-order valence-electron chi connectivity index (χ1n) is 10.5. The second-order valence-electron chi connectivity index (χ2n) is 8.24. The number of urea groups is 1. The van der Waals surface area contributed by atoms with Crippen LogP contribution in [0.1, 0.15) is 31.7 Å². The number of rotatable bonds is 8. The van der Waals surface area contributed by atoms with Crippen molar-refractivity contribution in [3.8, 4) is 5.75 Å². The topological polar surface area (TPSA) is 79.1 Å². The summed E-state index contributed by atoms with van der Waals surface area (Å²) in [4.78, 5) is 31.0. The van der Waals surface area contributed by atoms with Crippen LogP contribution in [0.5, 0.6) is 5.75 Å². The molecule has 3 amide bonds. The molecule has 1 saturated carbocycles. The lowest BCUT2D eigenvalue weighted by Crippen LogP contribution is -2.45. The molecule has 0 bridgehead atoms. The Morgan fingerprint density at radius 3 is 2.50 bits per heavy atom. The van der Waals surface area contributed by atoms with Crippen LogP contribution < -0.4 is 10.5 Å². The Hall–Kier alpha value is -2.56. The quantitative estimate of drug-likeness (QED) is 0.627. The number of hydrogen-bond acceptors (Lipinski definition) is 5. The molecule has 0 aromatic heterocycles. The fraction of sp³-hybridized carbons (Fsp3) is 0.524. The fourth-order valence-electron chi connectivity index (χ4n) is 3.99. The van der Waals surface area contributed by atoms with Crippen molar-refractivity contribution in [3.63, 3.8) is 0 Å². The molecule has 11 heteroatoms. The van der Waals surface area contributed by atoms with Gasteiger partial charge in [-0.1, -0.05) is 36.7 Å². The lowest BCUT2D eigenvalue weighted by Gasteiger charge is -2.34. The number of carbonyl (C=O) groups is 2. The predicted molar refractivity (Wildman–Crippen MR) is 113 cm³/mol. The molecule has 174 valence electrons. The maximum Gasteiger partial charge on any atom is 0.573 e. The molecule has 2 fully saturated rings. The second kappa shape index (κ2) is 8.76. The summed E-state index contributed by atoms with van der Waals surface area (Å²) in [5, 5.41) is 0. The Morgan fingerprint density at radius 2 is 1.91 bits per heavy atom. The van der Waals surface area contributed by atoms with E-state index in [0.29, 0.717) is 29.5 Å². The number of benzene rings is 1. The normalized spacial score (nSPS) is 21.7. The smallest absolute Gasteiger partial charge is 0.406 e. The van der Waals surface area contributed by atoms with Gasteiger partial charge in [-0.25, -0.2) is 4.79 Å². The van der Waals surface area contributed by atoms with E-state index in [1.807, 2.05) is 6.92 Å². The Labute approximate surface area is 188 Å². The minimum atomic E-state index is -4.74. The van der Waals surface area contributed by atoms with Crippen LogP contribution in [0.4, 0.5) is 18.0 Å². The summed E-state index contributed by atoms with van der Waals surface area (Å²) in [6.07, 6.45) is -1.29. The third-order valence-corrected chi connectivity index (χ3v) is 7.32. The van der Waals surface area contributed by atoms with Crippen molar-refractivity contribution in [1.29, 1.82) is 0 Å². The van der Waals surface area contributed by atoms with Crippen LogP contribution in [0.2, 0.25) is 0 Å². The van der Waals surface area contributed by atoms with E-state index in [0.717, 1.165) is 18.7 Å². The molecule has 4 rings (SSSR count). The molecule has 1 aromatic carbocycles. The molecule has 1 saturated heterocycles. The number of ether oxygens (including phenoxy) is 1. The average Bonchev–Trinajstić information content (AvgIpc) is 3.40. The van der Waals surface area contributed by atoms with Gasteiger partial charge in [-0.05, 0) is 37.0 Å². The van der Waals surface area contributed by atoms with Gasteiger partial charge in [0.15, 0.2) is 5.50 Å². The summed E-state index contributed by atoms with van der Waals surface area (Å²) in [7, 11) is 0. The molecular weight excluding hydrogens is 445 g/mol. The number of allylic oxidation sites excluding steroid dienone is 1. The van der Waals surface area contributed by atoms with Crippen molar-refractivity contribution in [3.05, 3.63) is 40.4 Å². The summed E-state index contributed by atoms with van der Waals surface area (Å²) < 4.78 is 40.9. The summed E-state index contributed by atoms with van der Waals surface area (Å²) in [5.41, 5.74) is 6.74. The van der Waals surface area contributed by atoms with Crippen molar-refractivity contribution >= 4 is 23.7 Å². The van der Waals surface area contributed by atoms with Crippen molar-refractivity contribution < 1.29 is 27.5 Å². The van der Waals surface area contributed by atoms with Crippen LogP contribution in [-0.2, 0) is 11.3 Å². The van der Waals surface area contributed by atoms with E-state index in [-0.39, 0.29) is 23.8 Å². The first-order chi connectivity index (χ1) is 15.1. The van der Waals surface area contributed by atoms with Crippen LogP contribution in [-0.4, -0.2) is 58.1 Å². The van der Waals surface area contributed by atoms with Crippen molar-refractivity contribution in [2.45, 2.75) is 44.6 Å². The van der Waals surface area contributed by atoms with Crippen molar-refractivity contribution in [1.82, 2.24) is 14.7 Å². The first kappa shape index (κ1) is 22.6. The molecule has 0 radical (unpaired) electrons. The summed E-state index contributed by atoms with van der Waals surface area (Å²) in [5.74, 6) is -0.0814. The molecule has 2 aliphatic heterocycles. The Bertz CT molecular complexity index is 918. The summed E-state index contributed by atoms with van der Waals surface area (Å²) in [6.45, 7) is 3.87. The van der Waals surface area contributed by atoms with E-state index in [1.165, 1.54) is 48.9 Å². The number of carbonyl (C=O) groups excluding carboxylic acids is 2. The summed E-state index contributed by atoms with van der Waals surface area (Å²) >= 11 is 1.31. The number of nitrogens with zero attached hydrogens (tertiary/aromatic N) is 3. The molecule has 2 heterocycles. The van der Waals surface area contributed by atoms with Crippen LogP contribution in [0, 0.1) is 5.92 Å². The van der Waals surface area contributed by atoms with Crippen molar-refractivity contribution in [2.75, 3.05) is 19.6 Å². The Morgan fingerprint density at radius 1 is 1.22 bits per heavy atom. The zero-order chi connectivity index (χ0) is 23.0. The van der Waals surface area contributed by atoms with Crippen LogP contribution in [0.15, 0.2) is 34.9 Å². The maximum atomic E-state index is 13.1. The molecular formula is C21H25F3N4O3S. The molecule has 2 N–H and O–H groups in total. The lowest BCUT2D eigenvalue weighted by atomic mass is 10.2. The summed E-state index contributed by atoms with van der Waals surface area (Å²) in [6, 6.07) is 5.33. The fourth-order valence-corrected chi connectivity index (χ4v) is 5.32. The predicted octanol–water partition coefficient (Wildman–Crippen LogP) is 3.67. The van der Waals surface area contributed by atoms with E-state index in [9.17, 15) is 22.8 Å². The van der Waals surface area contributed by atoms with Gasteiger partial charge in [-0.2, -0.15) is 0 Å². The lowest BCUT2D eigenvalue weighted by molar-refractivity contribution is -0.274. The maximum absolute atomic E-state index is 13.1. The van der Waals surface area contributed by atoms with Gasteiger partial charge in [0.25, 0.3) is 5.91 Å². The number of hydrogen-bond donors (Lipinski definition) is 1. The molecule has 32 heavy (non-hydrogen) atoms. The number of primary amides is 1. The first-order valence-corrected chi connectivity index (χ1v) is 11.3. The van der Waals surface area contributed by atoms with Gasteiger partial charge in [0.05, 0.1) is 4.91 Å². The molecule has 1 atom stereocenters. The van der Waals surface area contributed by atoms with Crippen LogP contribution >= 0.6 is 11.8 Å². The van der Waals surface area contributed by atoms with Gasteiger partial charge in [0.2, 0.25) is 0 Å². The molecule has 1 aromatic rings. The number of nitrogens with two attached hydrogens (primary N) is 1. The van der Waals surface area contributed by atoms with Crippen LogP contribution in [0.25, 0.3) is 0 Å². The second-order valence-corrected chi connectivity index (χ2v) is 9.30. The van der Waals surface area contributed by atoms with Gasteiger partial charge >= 0.3 is 12.4 Å². The monoisotopic (exact) mass is 470 g/mol. The third-order valence-electron chi connectivity index (χ3n) is 5.87. The SMILES string of the molecule is CC1=C(C(N)=O)SC(N2CCN(Cc3ccc(OC(F)(F)F)cc3)C2=O)N1CCC1CC1. The highest BCUT2D eigenvalue weighted by Gasteiger charge is 2.43. The average molecular weight is 471 g/mol. The Kier molecular flexibility index (Phi) is 6.19. The zero-order valence-corrected chi connectivity index (χ0v) is 18.4. The van der Waals surface area contributed by atoms with E-state index < -0.39 is 12.3 Å². The molecule has 3 aliphatic rings. The minimum Gasteiger partial charge on any atom is -0.406 e. The number of halogens is 3. The minimum absolute atomic E-state index is 0.173. The van der Waals surface area contributed by atoms with Gasteiger partial charge in [-0.3, -0.25) is 9.69 Å². The van der Waals surface area contributed by atoms with E-state index in [1.54, 1.807) is 9.80 Å². The Balaban J connectivity index is 1.41. The van der Waals surface area contributed by atoms with E-state index in [4.69, 9.17) is 5.73 Å². The molecule has 7 nitrogen and oxygen atoms in total. The highest BCUT2D eigenvalue weighted by atomic mass is 32.2. The van der Waals surface area contributed by atoms with Crippen molar-refractivity contribution in [2.24, 2.45) is 11.7 Å². The van der Waals surface area contributed by atoms with Gasteiger partial charge in [-0.15, -0.1) is 13.2 Å². The van der Waals surface area contributed by atoms with E-state index >= 15 is 0 Å². The van der Waals surface area contributed by atoms with Crippen LogP contribution in [0.3, 0.4) is 0 Å². The largest absolute Gasteiger partial charge is 0.573 e. The molecule has 1 unspecified atom stereocenters. The molecule has 1 aliphatic carbocycles. The zero-order valence-electron chi connectivity index (χ0n) is 17.6. The number of thioether (sulfide) groups is 1. The van der Waals surface area contributed by atoms with Gasteiger partial charge < -0.3 is 20.3 Å². The van der Waals surface area contributed by atoms with E-state index in [2.05, 4.69) is 9.64 Å².